The third kappa shape index (κ3) is 3.78. The van der Waals surface area contributed by atoms with Crippen LogP contribution >= 0.6 is 0 Å². The quantitative estimate of drug-likeness (QED) is 0.667. The monoisotopic (exact) mass is 384 g/mol. The zero-order valence-electron chi connectivity index (χ0n) is 15.1. The summed E-state index contributed by atoms with van der Waals surface area (Å²) >= 11 is 0. The highest BCUT2D eigenvalue weighted by Gasteiger charge is 2.15. The number of nitrogens with one attached hydrogen (secondary N) is 1. The third-order valence-electron chi connectivity index (χ3n) is 3.98. The molecule has 3 aromatic rings. The summed E-state index contributed by atoms with van der Waals surface area (Å²) in [6.45, 7) is -0.290. The average Bonchev–Trinajstić information content (AvgIpc) is 3.01. The summed E-state index contributed by atoms with van der Waals surface area (Å²) in [5, 5.41) is 2.63. The van der Waals surface area contributed by atoms with Crippen molar-refractivity contribution in [1.29, 1.82) is 0 Å². The van der Waals surface area contributed by atoms with Crippen LogP contribution in [-0.4, -0.2) is 36.6 Å². The lowest BCUT2D eigenvalue weighted by Gasteiger charge is -2.07. The van der Waals surface area contributed by atoms with Crippen LogP contribution in [0.2, 0.25) is 0 Å². The van der Waals surface area contributed by atoms with Crippen molar-refractivity contribution >= 4 is 34.6 Å². The molecular weight excluding hydrogens is 368 g/mol. The molecule has 0 spiro atoms. The Hall–Kier alpha value is -3.88. The fourth-order valence-electron chi connectivity index (χ4n) is 2.61. The minimum atomic E-state index is -0.729. The Morgan fingerprint density at radius 1 is 0.964 bits per heavy atom. The highest BCUT2D eigenvalue weighted by Crippen LogP contribution is 2.16. The molecule has 0 bridgehead atoms. The zero-order chi connectivity index (χ0) is 20.3. The fraction of sp³-hybridized carbons (Fsp3) is 0.158. The van der Waals surface area contributed by atoms with Crippen molar-refractivity contribution in [3.8, 4) is 0 Å². The summed E-state index contributed by atoms with van der Waals surface area (Å²) in [4.78, 5) is 47.4. The molecule has 0 atom stereocenters. The molecule has 0 saturated carbocycles. The maximum absolute atomic E-state index is 12.3. The van der Waals surface area contributed by atoms with Gasteiger partial charge >= 0.3 is 17.7 Å². The number of fused-ring (bicyclic) bond motifs is 1. The van der Waals surface area contributed by atoms with Gasteiger partial charge in [-0.1, -0.05) is 0 Å². The van der Waals surface area contributed by atoms with E-state index in [2.05, 4.69) is 14.8 Å². The zero-order valence-corrected chi connectivity index (χ0v) is 15.1. The first kappa shape index (κ1) is 18.9. The van der Waals surface area contributed by atoms with Crippen molar-refractivity contribution in [2.24, 2.45) is 0 Å². The van der Waals surface area contributed by atoms with Crippen LogP contribution in [0.25, 0.3) is 11.1 Å². The third-order valence-corrected chi connectivity index (χ3v) is 3.98. The lowest BCUT2D eigenvalue weighted by Crippen LogP contribution is -2.24. The highest BCUT2D eigenvalue weighted by molar-refractivity contribution is 5.95. The number of rotatable bonds is 5. The molecule has 1 amide bonds. The van der Waals surface area contributed by atoms with Crippen molar-refractivity contribution in [2.45, 2.75) is 6.54 Å². The lowest BCUT2D eigenvalue weighted by atomic mass is 10.2. The first-order chi connectivity index (χ1) is 13.4. The second-order valence-corrected chi connectivity index (χ2v) is 5.75. The van der Waals surface area contributed by atoms with Gasteiger partial charge in [0.05, 0.1) is 30.9 Å². The van der Waals surface area contributed by atoms with Gasteiger partial charge in [0.15, 0.2) is 5.58 Å². The Balaban J connectivity index is 1.77. The number of carbonyl (C=O) groups is 3. The largest absolute Gasteiger partial charge is 0.465 e. The Labute approximate surface area is 158 Å². The van der Waals surface area contributed by atoms with Gasteiger partial charge in [-0.25, -0.2) is 14.4 Å². The van der Waals surface area contributed by atoms with E-state index < -0.39 is 23.6 Å². The van der Waals surface area contributed by atoms with Crippen molar-refractivity contribution in [3.63, 3.8) is 0 Å². The molecule has 144 valence electrons. The number of oxazole rings is 1. The van der Waals surface area contributed by atoms with Crippen molar-refractivity contribution in [3.05, 3.63) is 64.1 Å². The van der Waals surface area contributed by atoms with Crippen LogP contribution < -0.4 is 11.1 Å². The number of carbonyl (C=O) groups excluding carboxylic acids is 3. The number of benzene rings is 2. The average molecular weight is 384 g/mol. The van der Waals surface area contributed by atoms with Crippen LogP contribution in [0.1, 0.15) is 20.7 Å². The van der Waals surface area contributed by atoms with Gasteiger partial charge < -0.3 is 19.2 Å². The molecule has 0 saturated heterocycles. The van der Waals surface area contributed by atoms with E-state index in [0.717, 1.165) is 4.57 Å². The number of hydrogen-bond donors (Lipinski definition) is 1. The summed E-state index contributed by atoms with van der Waals surface area (Å²) in [6, 6.07) is 10.5. The Bertz CT molecular complexity index is 1110. The minimum absolute atomic E-state index is 0.170. The van der Waals surface area contributed by atoms with E-state index in [1.165, 1.54) is 44.6 Å². The normalized spacial score (nSPS) is 10.5. The van der Waals surface area contributed by atoms with Gasteiger partial charge in [-0.05, 0) is 42.5 Å². The second-order valence-electron chi connectivity index (χ2n) is 5.75. The Morgan fingerprint density at radius 2 is 1.57 bits per heavy atom. The number of esters is 2. The first-order valence-corrected chi connectivity index (χ1v) is 8.13. The number of ether oxygens (including phenoxy) is 2. The van der Waals surface area contributed by atoms with Gasteiger partial charge in [-0.2, -0.15) is 0 Å². The molecule has 0 radical (unpaired) electrons. The van der Waals surface area contributed by atoms with Gasteiger partial charge in [-0.3, -0.25) is 9.36 Å². The molecule has 9 heteroatoms. The topological polar surface area (TPSA) is 117 Å². The summed E-state index contributed by atoms with van der Waals surface area (Å²) < 4.78 is 15.5. The standard InChI is InChI=1S/C19H16N2O7/c1-26-17(23)11-3-6-13(7-4-11)20-16(22)10-21-14-8-5-12(18(24)27-2)9-15(14)28-19(21)25/h3-9H,10H2,1-2H3,(H,20,22). The lowest BCUT2D eigenvalue weighted by molar-refractivity contribution is -0.116. The molecule has 9 nitrogen and oxygen atoms in total. The van der Waals surface area contributed by atoms with E-state index in [0.29, 0.717) is 16.8 Å². The fourth-order valence-corrected chi connectivity index (χ4v) is 2.61. The molecule has 0 fully saturated rings. The van der Waals surface area contributed by atoms with Crippen molar-refractivity contribution < 1.29 is 28.3 Å². The molecule has 1 aromatic heterocycles. The van der Waals surface area contributed by atoms with Crippen LogP contribution in [0.5, 0.6) is 0 Å². The molecule has 0 aliphatic carbocycles. The van der Waals surface area contributed by atoms with E-state index in [1.807, 2.05) is 0 Å². The summed E-state index contributed by atoms with van der Waals surface area (Å²) in [6.07, 6.45) is 0. The summed E-state index contributed by atoms with van der Waals surface area (Å²) in [5.74, 6) is -2.24. The Kier molecular flexibility index (Phi) is 5.25. The van der Waals surface area contributed by atoms with E-state index in [4.69, 9.17) is 4.42 Å². The molecule has 1 heterocycles. The number of hydrogen-bond acceptors (Lipinski definition) is 7. The molecule has 2 aromatic carbocycles. The molecule has 28 heavy (non-hydrogen) atoms. The molecular formula is C19H16N2O7. The predicted molar refractivity (Wildman–Crippen MR) is 98.2 cm³/mol. The van der Waals surface area contributed by atoms with Crippen LogP contribution in [0.3, 0.4) is 0 Å². The molecule has 1 N–H and O–H groups in total. The van der Waals surface area contributed by atoms with E-state index in [-0.39, 0.29) is 17.7 Å². The van der Waals surface area contributed by atoms with Gasteiger partial charge in [-0.15, -0.1) is 0 Å². The van der Waals surface area contributed by atoms with E-state index >= 15 is 0 Å². The number of amides is 1. The minimum Gasteiger partial charge on any atom is -0.465 e. The van der Waals surface area contributed by atoms with Gasteiger partial charge in [0.25, 0.3) is 0 Å². The number of anilines is 1. The smallest absolute Gasteiger partial charge is 0.420 e. The van der Waals surface area contributed by atoms with Crippen LogP contribution in [0.4, 0.5) is 5.69 Å². The van der Waals surface area contributed by atoms with Crippen LogP contribution in [-0.2, 0) is 20.8 Å². The molecule has 0 aliphatic rings. The number of methoxy groups -OCH3 is 2. The SMILES string of the molecule is COC(=O)c1ccc(NC(=O)Cn2c(=O)oc3cc(C(=O)OC)ccc32)cc1. The predicted octanol–water partition coefficient (Wildman–Crippen LogP) is 1.81. The van der Waals surface area contributed by atoms with E-state index in [1.54, 1.807) is 12.1 Å². The van der Waals surface area contributed by atoms with E-state index in [9.17, 15) is 19.2 Å². The maximum atomic E-state index is 12.3. The van der Waals surface area contributed by atoms with Crippen LogP contribution in [0, 0.1) is 0 Å². The molecule has 0 unspecified atom stereocenters. The number of aromatic nitrogens is 1. The van der Waals surface area contributed by atoms with Crippen molar-refractivity contribution in [1.82, 2.24) is 4.57 Å². The Morgan fingerprint density at radius 3 is 2.21 bits per heavy atom. The van der Waals surface area contributed by atoms with Crippen molar-refractivity contribution in [2.75, 3.05) is 19.5 Å². The maximum Gasteiger partial charge on any atom is 0.420 e. The summed E-state index contributed by atoms with van der Waals surface area (Å²) in [7, 11) is 2.52. The van der Waals surface area contributed by atoms with Gasteiger partial charge in [0.1, 0.15) is 6.54 Å². The molecule has 0 aliphatic heterocycles. The first-order valence-electron chi connectivity index (χ1n) is 8.13. The van der Waals surface area contributed by atoms with Gasteiger partial charge in [0.2, 0.25) is 5.91 Å². The molecule has 3 rings (SSSR count). The number of nitrogens with zero attached hydrogens (tertiary/aromatic N) is 1. The van der Waals surface area contributed by atoms with Crippen LogP contribution in [0.15, 0.2) is 51.7 Å². The summed E-state index contributed by atoms with van der Waals surface area (Å²) in [5.41, 5.74) is 1.56. The highest BCUT2D eigenvalue weighted by atomic mass is 16.5. The van der Waals surface area contributed by atoms with Gasteiger partial charge in [0, 0.05) is 5.69 Å². The second kappa shape index (κ2) is 7.78.